The highest BCUT2D eigenvalue weighted by Gasteiger charge is 2.15. The molecule has 1 rings (SSSR count). The summed E-state index contributed by atoms with van der Waals surface area (Å²) in [5.74, 6) is -0.571. The predicted octanol–water partition coefficient (Wildman–Crippen LogP) is 2.08. The lowest BCUT2D eigenvalue weighted by atomic mass is 10.1. The van der Waals surface area contributed by atoms with Crippen LogP contribution in [0.4, 0.5) is 15.8 Å². The minimum Gasteiger partial charge on any atom is -0.388 e. The third-order valence-electron chi connectivity index (χ3n) is 1.80. The van der Waals surface area contributed by atoms with E-state index < -0.39 is 10.7 Å². The Morgan fingerprint density at radius 3 is 2.62 bits per heavy atom. The van der Waals surface area contributed by atoms with Crippen molar-refractivity contribution in [1.82, 2.24) is 0 Å². The lowest BCUT2D eigenvalue weighted by molar-refractivity contribution is -0.385. The maximum absolute atomic E-state index is 13.0. The topological polar surface area (TPSA) is 55.2 Å². The second-order valence-electron chi connectivity index (χ2n) is 2.61. The van der Waals surface area contributed by atoms with Crippen molar-refractivity contribution in [2.45, 2.75) is 6.92 Å². The Hall–Kier alpha value is -1.65. The molecular weight excluding hydrogens is 175 g/mol. The number of hydrogen-bond acceptors (Lipinski definition) is 3. The summed E-state index contributed by atoms with van der Waals surface area (Å²) in [5.41, 5.74) is 0.253. The Kier molecular flexibility index (Phi) is 2.46. The van der Waals surface area contributed by atoms with E-state index >= 15 is 0 Å². The molecule has 0 bridgehead atoms. The highest BCUT2D eigenvalue weighted by Crippen LogP contribution is 2.24. The molecule has 0 aliphatic carbocycles. The van der Waals surface area contributed by atoms with Crippen LogP contribution in [0.15, 0.2) is 12.1 Å². The molecular formula is C8H9FN2O2. The number of nitrogens with one attached hydrogen (secondary N) is 1. The van der Waals surface area contributed by atoms with Crippen molar-refractivity contribution in [3.63, 3.8) is 0 Å². The largest absolute Gasteiger partial charge is 0.388 e. The maximum atomic E-state index is 13.0. The SMILES string of the molecule is CNc1cc(F)c(C)c([N+](=O)[O-])c1. The summed E-state index contributed by atoms with van der Waals surface area (Å²) in [7, 11) is 1.58. The average Bonchev–Trinajstić information content (AvgIpc) is 2.09. The standard InChI is InChI=1S/C8H9FN2O2/c1-5-7(9)3-6(10-2)4-8(5)11(12)13/h3-4,10H,1-2H3. The number of halogens is 1. The number of anilines is 1. The van der Waals surface area contributed by atoms with Gasteiger partial charge in [-0.1, -0.05) is 0 Å². The van der Waals surface area contributed by atoms with E-state index in [2.05, 4.69) is 5.32 Å². The molecule has 5 heteroatoms. The van der Waals surface area contributed by atoms with E-state index in [1.54, 1.807) is 7.05 Å². The molecule has 1 N–H and O–H groups in total. The Morgan fingerprint density at radius 2 is 2.15 bits per heavy atom. The molecule has 0 unspecified atom stereocenters. The summed E-state index contributed by atoms with van der Waals surface area (Å²) in [6.45, 7) is 1.38. The third kappa shape index (κ3) is 1.74. The first-order chi connectivity index (χ1) is 6.06. The van der Waals surface area contributed by atoms with Crippen molar-refractivity contribution < 1.29 is 9.31 Å². The van der Waals surface area contributed by atoms with Crippen molar-refractivity contribution in [1.29, 1.82) is 0 Å². The Labute approximate surface area is 74.5 Å². The van der Waals surface area contributed by atoms with E-state index in [9.17, 15) is 14.5 Å². The van der Waals surface area contributed by atoms with Crippen LogP contribution in [0.2, 0.25) is 0 Å². The zero-order valence-electron chi connectivity index (χ0n) is 7.30. The number of nitro benzene ring substituents is 1. The summed E-state index contributed by atoms with van der Waals surface area (Å²) in [4.78, 5) is 9.86. The zero-order chi connectivity index (χ0) is 10.0. The number of hydrogen-bond donors (Lipinski definition) is 1. The number of benzene rings is 1. The van der Waals surface area contributed by atoms with E-state index in [1.807, 2.05) is 0 Å². The van der Waals surface area contributed by atoms with Gasteiger partial charge in [0.25, 0.3) is 5.69 Å². The fraction of sp³-hybridized carbons (Fsp3) is 0.250. The lowest BCUT2D eigenvalue weighted by Gasteiger charge is -2.03. The molecule has 0 saturated heterocycles. The van der Waals surface area contributed by atoms with Crippen LogP contribution in [0.5, 0.6) is 0 Å². The van der Waals surface area contributed by atoms with Crippen molar-refractivity contribution in [3.8, 4) is 0 Å². The quantitative estimate of drug-likeness (QED) is 0.565. The number of nitrogens with zero attached hydrogens (tertiary/aromatic N) is 1. The Morgan fingerprint density at radius 1 is 1.54 bits per heavy atom. The molecule has 1 aromatic carbocycles. The molecule has 0 aliphatic rings. The second-order valence-corrected chi connectivity index (χ2v) is 2.61. The van der Waals surface area contributed by atoms with Gasteiger partial charge in [-0.3, -0.25) is 10.1 Å². The summed E-state index contributed by atoms with van der Waals surface area (Å²) < 4.78 is 13.0. The van der Waals surface area contributed by atoms with Gasteiger partial charge in [-0.05, 0) is 13.0 Å². The highest BCUT2D eigenvalue weighted by molar-refractivity contribution is 5.55. The summed E-state index contributed by atoms with van der Waals surface area (Å²) in [5, 5.41) is 13.1. The maximum Gasteiger partial charge on any atom is 0.277 e. The van der Waals surface area contributed by atoms with E-state index in [-0.39, 0.29) is 11.3 Å². The van der Waals surface area contributed by atoms with Crippen LogP contribution in [-0.2, 0) is 0 Å². The Balaban J connectivity index is 3.33. The van der Waals surface area contributed by atoms with Gasteiger partial charge in [-0.25, -0.2) is 4.39 Å². The van der Waals surface area contributed by atoms with Crippen LogP contribution < -0.4 is 5.32 Å². The van der Waals surface area contributed by atoms with Gasteiger partial charge in [0, 0.05) is 18.8 Å². The monoisotopic (exact) mass is 184 g/mol. The van der Waals surface area contributed by atoms with Gasteiger partial charge >= 0.3 is 0 Å². The van der Waals surface area contributed by atoms with Crippen LogP contribution in [0, 0.1) is 22.9 Å². The summed E-state index contributed by atoms with van der Waals surface area (Å²) >= 11 is 0. The molecule has 0 aliphatic heterocycles. The molecule has 4 nitrogen and oxygen atoms in total. The van der Waals surface area contributed by atoms with E-state index in [0.29, 0.717) is 5.69 Å². The minimum absolute atomic E-state index is 0.0593. The normalized spacial score (nSPS) is 9.77. The van der Waals surface area contributed by atoms with Crippen LogP contribution in [0.1, 0.15) is 5.56 Å². The highest BCUT2D eigenvalue weighted by atomic mass is 19.1. The molecule has 0 spiro atoms. The first-order valence-electron chi connectivity index (χ1n) is 3.68. The van der Waals surface area contributed by atoms with E-state index in [4.69, 9.17) is 0 Å². The molecule has 0 aromatic heterocycles. The molecule has 13 heavy (non-hydrogen) atoms. The van der Waals surface area contributed by atoms with Crippen LogP contribution in [0.25, 0.3) is 0 Å². The summed E-state index contributed by atoms with van der Waals surface area (Å²) in [6.07, 6.45) is 0. The van der Waals surface area contributed by atoms with Gasteiger partial charge in [-0.2, -0.15) is 0 Å². The fourth-order valence-corrected chi connectivity index (χ4v) is 0.998. The van der Waals surface area contributed by atoms with Gasteiger partial charge in [0.05, 0.1) is 10.5 Å². The Bertz CT molecular complexity index is 352. The van der Waals surface area contributed by atoms with E-state index in [1.165, 1.54) is 19.1 Å². The van der Waals surface area contributed by atoms with Crippen LogP contribution in [-0.4, -0.2) is 12.0 Å². The van der Waals surface area contributed by atoms with E-state index in [0.717, 1.165) is 0 Å². The minimum atomic E-state index is -0.598. The average molecular weight is 184 g/mol. The molecule has 1 aromatic rings. The van der Waals surface area contributed by atoms with Gasteiger partial charge in [-0.15, -0.1) is 0 Å². The van der Waals surface area contributed by atoms with Crippen LogP contribution >= 0.6 is 0 Å². The van der Waals surface area contributed by atoms with Gasteiger partial charge in [0.15, 0.2) is 0 Å². The van der Waals surface area contributed by atoms with Crippen molar-refractivity contribution in [2.75, 3.05) is 12.4 Å². The lowest BCUT2D eigenvalue weighted by Crippen LogP contribution is -1.97. The smallest absolute Gasteiger partial charge is 0.277 e. The fourth-order valence-electron chi connectivity index (χ4n) is 0.998. The molecule has 0 radical (unpaired) electrons. The molecule has 70 valence electrons. The molecule has 0 atom stereocenters. The number of rotatable bonds is 2. The molecule has 0 amide bonds. The third-order valence-corrected chi connectivity index (χ3v) is 1.80. The number of nitro groups is 1. The van der Waals surface area contributed by atoms with Crippen molar-refractivity contribution in [2.24, 2.45) is 0 Å². The zero-order valence-corrected chi connectivity index (χ0v) is 7.30. The van der Waals surface area contributed by atoms with Crippen molar-refractivity contribution >= 4 is 11.4 Å². The van der Waals surface area contributed by atoms with Gasteiger partial charge in [0.1, 0.15) is 5.82 Å². The predicted molar refractivity (Wildman–Crippen MR) is 47.3 cm³/mol. The molecule has 0 heterocycles. The van der Waals surface area contributed by atoms with Crippen LogP contribution in [0.3, 0.4) is 0 Å². The first kappa shape index (κ1) is 9.44. The summed E-state index contributed by atoms with van der Waals surface area (Å²) in [6, 6.07) is 2.53. The molecule has 0 saturated carbocycles. The van der Waals surface area contributed by atoms with Gasteiger partial charge in [0.2, 0.25) is 0 Å². The van der Waals surface area contributed by atoms with Gasteiger partial charge < -0.3 is 5.32 Å². The first-order valence-corrected chi connectivity index (χ1v) is 3.68. The second kappa shape index (κ2) is 3.38. The molecule has 0 fully saturated rings. The van der Waals surface area contributed by atoms with Crippen molar-refractivity contribution in [3.05, 3.63) is 33.6 Å².